The summed E-state index contributed by atoms with van der Waals surface area (Å²) in [5.74, 6) is -1.82. The van der Waals surface area contributed by atoms with Gasteiger partial charge >= 0.3 is 5.97 Å². The van der Waals surface area contributed by atoms with E-state index in [0.717, 1.165) is 10.0 Å². The Morgan fingerprint density at radius 1 is 0.933 bits per heavy atom. The first-order valence-corrected chi connectivity index (χ1v) is 10.7. The number of aliphatic carboxylic acids is 1. The van der Waals surface area contributed by atoms with Gasteiger partial charge in [-0.25, -0.2) is 16.8 Å². The Morgan fingerprint density at radius 2 is 1.63 bits per heavy atom. The van der Waals surface area contributed by atoms with Crippen LogP contribution in [0.5, 0.6) is 0 Å². The Labute approximate surface area is 173 Å². The second-order valence-corrected chi connectivity index (χ2v) is 8.60. The predicted molar refractivity (Wildman–Crippen MR) is 112 cm³/mol. The number of fused-ring (bicyclic) bond motifs is 1. The molecule has 0 saturated carbocycles. The van der Waals surface area contributed by atoms with E-state index in [9.17, 15) is 17.6 Å². The van der Waals surface area contributed by atoms with Gasteiger partial charge in [0, 0.05) is 23.6 Å². The molecular formula is C23H18FNO4S. The van der Waals surface area contributed by atoms with Gasteiger partial charge in [0.15, 0.2) is 0 Å². The normalized spacial score (nSPS) is 11.6. The van der Waals surface area contributed by atoms with Gasteiger partial charge in [0.1, 0.15) is 10.7 Å². The van der Waals surface area contributed by atoms with Crippen molar-refractivity contribution in [3.63, 3.8) is 0 Å². The molecule has 0 fully saturated rings. The van der Waals surface area contributed by atoms with Gasteiger partial charge in [0.2, 0.25) is 0 Å². The molecule has 0 spiro atoms. The minimum Gasteiger partial charge on any atom is -0.481 e. The number of para-hydroxylation sites is 1. The lowest BCUT2D eigenvalue weighted by atomic mass is 10.1. The molecule has 30 heavy (non-hydrogen) atoms. The number of hydrogen-bond donors (Lipinski definition) is 1. The van der Waals surface area contributed by atoms with Gasteiger partial charge in [-0.05, 0) is 29.7 Å². The number of halogens is 1. The summed E-state index contributed by atoms with van der Waals surface area (Å²) in [6.07, 6.45) is 1.42. The van der Waals surface area contributed by atoms with Gasteiger partial charge in [-0.3, -0.25) is 4.79 Å². The number of carboxylic acids is 1. The van der Waals surface area contributed by atoms with Crippen LogP contribution < -0.4 is 0 Å². The van der Waals surface area contributed by atoms with Crippen molar-refractivity contribution in [1.82, 2.24) is 3.97 Å². The lowest BCUT2D eigenvalue weighted by Gasteiger charge is -2.13. The van der Waals surface area contributed by atoms with Crippen molar-refractivity contribution in [3.05, 3.63) is 90.4 Å². The van der Waals surface area contributed by atoms with Crippen molar-refractivity contribution in [2.75, 3.05) is 0 Å². The van der Waals surface area contributed by atoms with Gasteiger partial charge in [-0.2, -0.15) is 0 Å². The second-order valence-electron chi connectivity index (χ2n) is 6.85. The third kappa shape index (κ3) is 3.48. The maximum Gasteiger partial charge on any atom is 0.303 e. The summed E-state index contributed by atoms with van der Waals surface area (Å²) in [5, 5.41) is 9.64. The SMILES string of the molecule is O=C(O)CCc1cn(S(=O)(=O)c2c(F)cccc2-c2ccccc2)c2ccccc12. The molecular weight excluding hydrogens is 405 g/mol. The predicted octanol–water partition coefficient (Wildman–Crippen LogP) is 4.70. The maximum absolute atomic E-state index is 14.9. The molecule has 5 nitrogen and oxygen atoms in total. The van der Waals surface area contributed by atoms with E-state index in [0.29, 0.717) is 22.0 Å². The Morgan fingerprint density at radius 3 is 2.37 bits per heavy atom. The average molecular weight is 423 g/mol. The van der Waals surface area contributed by atoms with Crippen LogP contribution in [0.4, 0.5) is 4.39 Å². The third-order valence-electron chi connectivity index (χ3n) is 4.94. The molecule has 0 saturated heterocycles. The second kappa shape index (κ2) is 7.76. The number of nitrogens with zero attached hydrogens (tertiary/aromatic N) is 1. The highest BCUT2D eigenvalue weighted by atomic mass is 32.2. The molecule has 1 aromatic heterocycles. The first-order valence-electron chi connectivity index (χ1n) is 9.30. The molecule has 3 aromatic carbocycles. The van der Waals surface area contributed by atoms with Crippen molar-refractivity contribution in [1.29, 1.82) is 0 Å². The van der Waals surface area contributed by atoms with Crippen molar-refractivity contribution in [3.8, 4) is 11.1 Å². The third-order valence-corrected chi connectivity index (χ3v) is 6.69. The Kier molecular flexibility index (Phi) is 5.13. The molecule has 0 aliphatic carbocycles. The van der Waals surface area contributed by atoms with Crippen LogP contribution in [0.3, 0.4) is 0 Å². The molecule has 4 aromatic rings. The molecule has 0 unspecified atom stereocenters. The van der Waals surface area contributed by atoms with E-state index in [4.69, 9.17) is 5.11 Å². The monoisotopic (exact) mass is 423 g/mol. The number of carboxylic acid groups (broad SMARTS) is 1. The number of benzene rings is 3. The molecule has 4 rings (SSSR count). The quantitative estimate of drug-likeness (QED) is 0.488. The van der Waals surface area contributed by atoms with E-state index in [1.165, 1.54) is 12.3 Å². The number of aromatic nitrogens is 1. The van der Waals surface area contributed by atoms with E-state index in [1.807, 2.05) is 0 Å². The molecule has 0 aliphatic rings. The molecule has 152 valence electrons. The maximum atomic E-state index is 14.9. The topological polar surface area (TPSA) is 76.4 Å². The van der Waals surface area contributed by atoms with Crippen LogP contribution >= 0.6 is 0 Å². The van der Waals surface area contributed by atoms with Crippen LogP contribution in [0.15, 0.2) is 83.9 Å². The number of aryl methyl sites for hydroxylation is 1. The molecule has 7 heteroatoms. The van der Waals surface area contributed by atoms with Crippen LogP contribution in [0.25, 0.3) is 22.0 Å². The zero-order chi connectivity index (χ0) is 21.3. The lowest BCUT2D eigenvalue weighted by molar-refractivity contribution is -0.136. The molecule has 0 bridgehead atoms. The summed E-state index contributed by atoms with van der Waals surface area (Å²) in [5.41, 5.74) is 1.80. The van der Waals surface area contributed by atoms with Gasteiger partial charge in [-0.1, -0.05) is 60.7 Å². The van der Waals surface area contributed by atoms with Gasteiger partial charge in [0.05, 0.1) is 5.52 Å². The highest BCUT2D eigenvalue weighted by Gasteiger charge is 2.28. The summed E-state index contributed by atoms with van der Waals surface area (Å²) < 4.78 is 43.2. The molecule has 1 N–H and O–H groups in total. The smallest absolute Gasteiger partial charge is 0.303 e. The standard InChI is InChI=1S/C23H18FNO4S/c24-20-11-6-10-19(16-7-2-1-3-8-16)23(20)30(28,29)25-15-17(13-14-22(26)27)18-9-4-5-12-21(18)25/h1-12,15H,13-14H2,(H,26,27). The Balaban J connectivity index is 1.95. The minimum atomic E-state index is -4.30. The fourth-order valence-electron chi connectivity index (χ4n) is 3.57. The average Bonchev–Trinajstić information content (AvgIpc) is 3.12. The molecule has 0 radical (unpaired) electrons. The Bertz CT molecular complexity index is 1340. The molecule has 0 amide bonds. The number of rotatable bonds is 6. The summed E-state index contributed by atoms with van der Waals surface area (Å²) in [6, 6.07) is 19.7. The van der Waals surface area contributed by atoms with Crippen LogP contribution in [-0.2, 0) is 21.2 Å². The highest BCUT2D eigenvalue weighted by Crippen LogP contribution is 2.33. The fourth-order valence-corrected chi connectivity index (χ4v) is 5.23. The van der Waals surface area contributed by atoms with Crippen molar-refractivity contribution >= 4 is 26.9 Å². The number of hydrogen-bond acceptors (Lipinski definition) is 3. The van der Waals surface area contributed by atoms with E-state index >= 15 is 0 Å². The van der Waals surface area contributed by atoms with Crippen molar-refractivity contribution in [2.45, 2.75) is 17.7 Å². The van der Waals surface area contributed by atoms with E-state index in [2.05, 4.69) is 0 Å². The summed E-state index contributed by atoms with van der Waals surface area (Å²) in [6.45, 7) is 0. The summed E-state index contributed by atoms with van der Waals surface area (Å²) in [4.78, 5) is 10.6. The van der Waals surface area contributed by atoms with Gasteiger partial charge < -0.3 is 5.11 Å². The highest BCUT2D eigenvalue weighted by molar-refractivity contribution is 7.90. The minimum absolute atomic E-state index is 0.136. The largest absolute Gasteiger partial charge is 0.481 e. The first-order chi connectivity index (χ1) is 14.4. The van der Waals surface area contributed by atoms with Crippen molar-refractivity contribution < 1.29 is 22.7 Å². The summed E-state index contributed by atoms with van der Waals surface area (Å²) in [7, 11) is -4.30. The zero-order valence-corrected chi connectivity index (χ0v) is 16.6. The lowest BCUT2D eigenvalue weighted by Crippen LogP contribution is -2.15. The van der Waals surface area contributed by atoms with Crippen molar-refractivity contribution in [2.24, 2.45) is 0 Å². The fraction of sp³-hybridized carbons (Fsp3) is 0.0870. The first kappa shape index (κ1) is 19.8. The van der Waals surface area contributed by atoms with Gasteiger partial charge in [0.25, 0.3) is 10.0 Å². The van der Waals surface area contributed by atoms with Crippen LogP contribution in [0, 0.1) is 5.82 Å². The Hall–Kier alpha value is -3.45. The molecule has 1 heterocycles. The van der Waals surface area contributed by atoms with E-state index in [1.54, 1.807) is 60.7 Å². The number of carbonyl (C=O) groups is 1. The zero-order valence-electron chi connectivity index (χ0n) is 15.8. The van der Waals surface area contributed by atoms with Crippen LogP contribution in [0.1, 0.15) is 12.0 Å². The van der Waals surface area contributed by atoms with Crippen LogP contribution in [0.2, 0.25) is 0 Å². The van der Waals surface area contributed by atoms with E-state index in [-0.39, 0.29) is 18.4 Å². The van der Waals surface area contributed by atoms with Crippen LogP contribution in [-0.4, -0.2) is 23.5 Å². The molecule has 0 atom stereocenters. The summed E-state index contributed by atoms with van der Waals surface area (Å²) >= 11 is 0. The van der Waals surface area contributed by atoms with Gasteiger partial charge in [-0.15, -0.1) is 0 Å². The molecule has 0 aliphatic heterocycles. The van der Waals surface area contributed by atoms with E-state index < -0.39 is 26.7 Å².